The van der Waals surface area contributed by atoms with Gasteiger partial charge in [0.2, 0.25) is 14.7 Å². The summed E-state index contributed by atoms with van der Waals surface area (Å²) < 4.78 is 95.3. The van der Waals surface area contributed by atoms with Crippen LogP contribution < -0.4 is 23.0 Å². The highest BCUT2D eigenvalue weighted by Gasteiger charge is 2.36. The van der Waals surface area contributed by atoms with Crippen molar-refractivity contribution in [1.82, 2.24) is 0 Å². The van der Waals surface area contributed by atoms with E-state index in [-0.39, 0.29) is 40.3 Å². The molecule has 4 unspecified atom stereocenters. The van der Waals surface area contributed by atoms with Gasteiger partial charge >= 0.3 is 15.2 Å². The van der Waals surface area contributed by atoms with E-state index < -0.39 is 67.2 Å². The van der Waals surface area contributed by atoms with Crippen LogP contribution in [0.3, 0.4) is 0 Å². The highest BCUT2D eigenvalue weighted by Crippen LogP contribution is 2.59. The Morgan fingerprint density at radius 1 is 0.545 bits per heavy atom. The second-order valence-corrected chi connectivity index (χ2v) is 18.2. The first-order chi connectivity index (χ1) is 20.6. The van der Waals surface area contributed by atoms with E-state index in [1.807, 2.05) is 0 Å². The minimum absolute atomic E-state index is 0.0260. The molecule has 0 heterocycles. The topological polar surface area (TPSA) is 223 Å². The maximum atomic E-state index is 14.0. The maximum Gasteiger partial charge on any atom is 0.456 e. The molecule has 0 aliphatic heterocycles. The summed E-state index contributed by atoms with van der Waals surface area (Å²) in [5.74, 6) is -0.754. The average Bonchev–Trinajstić information content (AvgIpc) is 3.03. The van der Waals surface area contributed by atoms with Gasteiger partial charge in [0.05, 0.1) is 26.5 Å². The molecule has 0 fully saturated rings. The molecule has 0 aromatic heterocycles. The number of hydrogen-bond donors (Lipinski definition) is 4. The Morgan fingerprint density at radius 3 is 1.30 bits per heavy atom. The van der Waals surface area contributed by atoms with E-state index in [9.17, 15) is 38.7 Å². The zero-order valence-corrected chi connectivity index (χ0v) is 28.6. The van der Waals surface area contributed by atoms with Crippen LogP contribution in [-0.2, 0) is 44.2 Å². The molecule has 0 saturated carbocycles. The third-order valence-electron chi connectivity index (χ3n) is 6.25. The smallest absolute Gasteiger partial charge is 0.456 e. The fraction of sp³-hybridized carbons (Fsp3) is 0.500. The van der Waals surface area contributed by atoms with Crippen LogP contribution in [0.5, 0.6) is 28.7 Å². The van der Waals surface area contributed by atoms with Crippen LogP contribution in [0.4, 0.5) is 0 Å². The Morgan fingerprint density at radius 2 is 0.932 bits per heavy atom. The van der Waals surface area contributed by atoms with Crippen molar-refractivity contribution in [3.63, 3.8) is 0 Å². The highest BCUT2D eigenvalue weighted by atomic mass is 31.2. The van der Waals surface area contributed by atoms with E-state index in [1.54, 1.807) is 13.0 Å². The summed E-state index contributed by atoms with van der Waals surface area (Å²) in [7, 11) is -10.5. The first kappa shape index (κ1) is 38.3. The fourth-order valence-corrected chi connectivity index (χ4v) is 7.82. The summed E-state index contributed by atoms with van der Waals surface area (Å²) in [6.07, 6.45) is -5.02. The van der Waals surface area contributed by atoms with Crippen molar-refractivity contribution in [2.24, 2.45) is 0 Å². The molecule has 44 heavy (non-hydrogen) atoms. The maximum absolute atomic E-state index is 14.0. The van der Waals surface area contributed by atoms with Crippen molar-refractivity contribution >= 4 is 29.9 Å². The Bertz CT molecular complexity index is 1450. The normalized spacial score (nSPS) is 17.0. The molecule has 0 bridgehead atoms. The van der Waals surface area contributed by atoms with E-state index in [2.05, 4.69) is 0 Å². The third-order valence-corrected chi connectivity index (χ3v) is 12.7. The van der Waals surface area contributed by atoms with Crippen molar-refractivity contribution < 1.29 is 75.3 Å². The van der Waals surface area contributed by atoms with E-state index >= 15 is 0 Å². The number of methoxy groups -OCH3 is 2. The lowest BCUT2D eigenvalue weighted by molar-refractivity contribution is 0.263. The van der Waals surface area contributed by atoms with E-state index in [1.165, 1.54) is 32.4 Å². The largest absolute Gasteiger partial charge is 0.497 e. The van der Waals surface area contributed by atoms with Crippen molar-refractivity contribution in [3.8, 4) is 28.7 Å². The van der Waals surface area contributed by atoms with Crippen molar-refractivity contribution in [3.05, 3.63) is 41.0 Å². The molecule has 0 radical (unpaired) electrons. The van der Waals surface area contributed by atoms with Crippen molar-refractivity contribution in [1.29, 1.82) is 0 Å². The lowest BCUT2D eigenvalue weighted by Gasteiger charge is -2.26. The Kier molecular flexibility index (Phi) is 14.0. The monoisotopic (exact) mass is 706 g/mol. The summed E-state index contributed by atoms with van der Waals surface area (Å²) in [6, 6.07) is 5.23. The molecule has 4 N–H and O–H groups in total. The minimum atomic E-state index is -4.67. The van der Waals surface area contributed by atoms with Crippen LogP contribution in [0.25, 0.3) is 0 Å². The molecular weight excluding hydrogens is 668 g/mol. The zero-order valence-electron chi connectivity index (χ0n) is 25.0. The predicted octanol–water partition coefficient (Wildman–Crippen LogP) is 4.53. The molecule has 0 saturated heterocycles. The molecule has 2 rings (SSSR count). The Balaban J connectivity index is 2.78. The van der Waals surface area contributed by atoms with Gasteiger partial charge in [0.1, 0.15) is 41.4 Å². The minimum Gasteiger partial charge on any atom is -0.497 e. The van der Waals surface area contributed by atoms with Gasteiger partial charge in [-0.2, -0.15) is 0 Å². The first-order valence-electron chi connectivity index (χ1n) is 12.6. The molecule has 20 heteroatoms. The van der Waals surface area contributed by atoms with Crippen LogP contribution in [0.1, 0.15) is 16.7 Å². The average molecular weight is 706 g/mol. The fourth-order valence-electron chi connectivity index (χ4n) is 3.66. The summed E-state index contributed by atoms with van der Waals surface area (Å²) in [5, 5.41) is 39.3. The number of benzene rings is 2. The molecule has 0 aliphatic rings. The molecule has 16 nitrogen and oxygen atoms in total. The van der Waals surface area contributed by atoms with Crippen molar-refractivity contribution in [2.75, 3.05) is 60.9 Å². The summed E-state index contributed by atoms with van der Waals surface area (Å²) >= 11 is 0. The second-order valence-electron chi connectivity index (χ2n) is 9.08. The van der Waals surface area contributed by atoms with Gasteiger partial charge < -0.3 is 57.0 Å². The van der Waals surface area contributed by atoms with Gasteiger partial charge in [-0.25, -0.2) is 9.13 Å². The first-order valence-corrected chi connectivity index (χ1v) is 20.0. The molecule has 4 atom stereocenters. The SMILES string of the molecule is COc1cc(C)c(CP(=O)(CO)OC)c(OP(=O)(CO)Oc2cc(OC)cc(OP(=O)(CO)OC)c2CP(=O)(CO)OC)c1. The van der Waals surface area contributed by atoms with Gasteiger partial charge in [0, 0.05) is 50.7 Å². The molecule has 0 amide bonds. The second kappa shape index (κ2) is 16.1. The molecule has 2 aromatic carbocycles. The van der Waals surface area contributed by atoms with E-state index in [0.29, 0.717) is 5.56 Å². The zero-order chi connectivity index (χ0) is 33.3. The van der Waals surface area contributed by atoms with Gasteiger partial charge in [-0.05, 0) is 18.6 Å². The number of hydrogen-bond acceptors (Lipinski definition) is 16. The Labute approximate surface area is 255 Å². The van der Waals surface area contributed by atoms with Crippen LogP contribution in [0.2, 0.25) is 0 Å². The number of rotatable bonds is 19. The quantitative estimate of drug-likeness (QED) is 0.147. The van der Waals surface area contributed by atoms with Gasteiger partial charge in [-0.15, -0.1) is 0 Å². The molecule has 2 aromatic rings. The summed E-state index contributed by atoms with van der Waals surface area (Å²) in [5.41, 5.74) is 0.431. The van der Waals surface area contributed by atoms with E-state index in [0.717, 1.165) is 21.3 Å². The van der Waals surface area contributed by atoms with E-state index in [4.69, 9.17) is 36.6 Å². The number of ether oxygens (including phenoxy) is 2. The standard InChI is InChI=1S/C24H38O16P4/c1-17-7-18(33-2)8-22(20(17)11-41(29,13-25)35-4)39-44(32,16-28)40-24-10-19(34-3)9-23(38-43(31,15-27)37-6)21(24)12-42(30,14-26)36-5/h7-10,25-28H,11-16H2,1-6H3. The lowest BCUT2D eigenvalue weighted by atomic mass is 10.1. The highest BCUT2D eigenvalue weighted by molar-refractivity contribution is 7.58. The molecule has 0 aliphatic carbocycles. The van der Waals surface area contributed by atoms with Gasteiger partial charge in [0.25, 0.3) is 0 Å². The summed E-state index contributed by atoms with van der Waals surface area (Å²) in [4.78, 5) is 0. The van der Waals surface area contributed by atoms with Gasteiger partial charge in [0.15, 0.2) is 12.7 Å². The van der Waals surface area contributed by atoms with Gasteiger partial charge in [-0.3, -0.25) is 9.13 Å². The van der Waals surface area contributed by atoms with Crippen LogP contribution in [0.15, 0.2) is 24.3 Å². The molecule has 0 spiro atoms. The van der Waals surface area contributed by atoms with Gasteiger partial charge in [-0.1, -0.05) is 0 Å². The van der Waals surface area contributed by atoms with Crippen LogP contribution >= 0.6 is 29.9 Å². The predicted molar refractivity (Wildman–Crippen MR) is 160 cm³/mol. The van der Waals surface area contributed by atoms with Crippen molar-refractivity contribution in [2.45, 2.75) is 19.2 Å². The van der Waals surface area contributed by atoms with Crippen LogP contribution in [-0.4, -0.2) is 81.4 Å². The summed E-state index contributed by atoms with van der Waals surface area (Å²) in [6.45, 7) is 1.61. The number of aliphatic hydroxyl groups excluding tert-OH is 4. The molecular formula is C24H38O16P4. The molecule has 250 valence electrons. The van der Waals surface area contributed by atoms with Crippen LogP contribution in [0, 0.1) is 6.92 Å². The lowest BCUT2D eigenvalue weighted by Crippen LogP contribution is -2.10. The number of aliphatic hydroxyl groups is 4. The Hall–Kier alpha value is -1.92. The number of aryl methyl sites for hydroxylation is 1. The third kappa shape index (κ3) is 9.55.